The van der Waals surface area contributed by atoms with Gasteiger partial charge in [0, 0.05) is 18.7 Å². The average Bonchev–Trinajstić information content (AvgIpc) is 2.31. The van der Waals surface area contributed by atoms with Crippen molar-refractivity contribution in [1.29, 1.82) is 0 Å². The van der Waals surface area contributed by atoms with Crippen LogP contribution in [-0.2, 0) is 4.79 Å². The predicted octanol–water partition coefficient (Wildman–Crippen LogP) is 2.41. The van der Waals surface area contributed by atoms with E-state index in [0.29, 0.717) is 19.5 Å². The first-order valence-corrected chi connectivity index (χ1v) is 6.05. The van der Waals surface area contributed by atoms with E-state index in [2.05, 4.69) is 0 Å². The van der Waals surface area contributed by atoms with Crippen molar-refractivity contribution in [3.8, 4) is 0 Å². The highest BCUT2D eigenvalue weighted by Gasteiger charge is 2.23. The van der Waals surface area contributed by atoms with Crippen molar-refractivity contribution in [2.24, 2.45) is 11.1 Å². The predicted molar refractivity (Wildman–Crippen MR) is 71.9 cm³/mol. The lowest BCUT2D eigenvalue weighted by atomic mass is 9.89. The number of nitrogens with zero attached hydrogens (tertiary/aromatic N) is 1. The molecule has 0 radical (unpaired) electrons. The van der Waals surface area contributed by atoms with Crippen LogP contribution in [0.5, 0.6) is 0 Å². The summed E-state index contributed by atoms with van der Waals surface area (Å²) in [7, 11) is 0. The van der Waals surface area contributed by atoms with Crippen LogP contribution >= 0.6 is 0 Å². The van der Waals surface area contributed by atoms with Gasteiger partial charge in [0.15, 0.2) is 0 Å². The molecule has 3 nitrogen and oxygen atoms in total. The highest BCUT2D eigenvalue weighted by molar-refractivity contribution is 5.93. The van der Waals surface area contributed by atoms with Crippen LogP contribution in [0.15, 0.2) is 30.3 Å². The van der Waals surface area contributed by atoms with E-state index in [4.69, 9.17) is 5.73 Å². The van der Waals surface area contributed by atoms with E-state index in [-0.39, 0.29) is 11.3 Å². The van der Waals surface area contributed by atoms with Crippen molar-refractivity contribution >= 4 is 11.6 Å². The Morgan fingerprint density at radius 2 is 1.88 bits per heavy atom. The first-order chi connectivity index (χ1) is 8.00. The number of hydrogen-bond acceptors (Lipinski definition) is 2. The Morgan fingerprint density at radius 3 is 2.35 bits per heavy atom. The summed E-state index contributed by atoms with van der Waals surface area (Å²) >= 11 is 0. The Morgan fingerprint density at radius 1 is 1.29 bits per heavy atom. The van der Waals surface area contributed by atoms with E-state index in [9.17, 15) is 4.79 Å². The van der Waals surface area contributed by atoms with Crippen LogP contribution < -0.4 is 10.6 Å². The van der Waals surface area contributed by atoms with E-state index in [1.165, 1.54) is 0 Å². The fraction of sp³-hybridized carbons (Fsp3) is 0.500. The van der Waals surface area contributed by atoms with Crippen molar-refractivity contribution < 1.29 is 4.79 Å². The normalized spacial score (nSPS) is 11.3. The van der Waals surface area contributed by atoms with Crippen molar-refractivity contribution in [2.45, 2.75) is 27.2 Å². The van der Waals surface area contributed by atoms with Crippen LogP contribution in [0.4, 0.5) is 5.69 Å². The van der Waals surface area contributed by atoms with Gasteiger partial charge in [-0.2, -0.15) is 0 Å². The van der Waals surface area contributed by atoms with Gasteiger partial charge in [-0.3, -0.25) is 4.79 Å². The minimum atomic E-state index is -0.140. The lowest BCUT2D eigenvalue weighted by Gasteiger charge is -2.27. The standard InChI is InChI=1S/C14H22N2O/c1-4-16(12-8-6-5-7-9-12)13(17)10-14(2,3)11-15/h5-9H,4,10-11,15H2,1-3H3. The van der Waals surface area contributed by atoms with Gasteiger partial charge >= 0.3 is 0 Å². The molecule has 1 amide bonds. The number of nitrogens with two attached hydrogens (primary N) is 1. The second-order valence-corrected chi connectivity index (χ2v) is 5.02. The summed E-state index contributed by atoms with van der Waals surface area (Å²) in [6, 6.07) is 9.75. The largest absolute Gasteiger partial charge is 0.330 e. The SMILES string of the molecule is CCN(C(=O)CC(C)(C)CN)c1ccccc1. The molecule has 1 rings (SSSR count). The summed E-state index contributed by atoms with van der Waals surface area (Å²) in [6.45, 7) is 7.22. The quantitative estimate of drug-likeness (QED) is 0.850. The zero-order valence-corrected chi connectivity index (χ0v) is 10.9. The maximum Gasteiger partial charge on any atom is 0.227 e. The molecule has 0 spiro atoms. The Kier molecular flexibility index (Phi) is 4.70. The summed E-state index contributed by atoms with van der Waals surface area (Å²) < 4.78 is 0. The fourth-order valence-electron chi connectivity index (χ4n) is 1.69. The molecule has 0 unspecified atom stereocenters. The van der Waals surface area contributed by atoms with Crippen LogP contribution in [0.1, 0.15) is 27.2 Å². The van der Waals surface area contributed by atoms with E-state index in [0.717, 1.165) is 5.69 Å². The van der Waals surface area contributed by atoms with Gasteiger partial charge in [-0.1, -0.05) is 32.0 Å². The first kappa shape index (κ1) is 13.7. The summed E-state index contributed by atoms with van der Waals surface area (Å²) in [5, 5.41) is 0. The van der Waals surface area contributed by atoms with Gasteiger partial charge in [0.1, 0.15) is 0 Å². The minimum Gasteiger partial charge on any atom is -0.330 e. The molecule has 0 saturated carbocycles. The molecule has 17 heavy (non-hydrogen) atoms. The molecule has 3 heteroatoms. The van der Waals surface area contributed by atoms with Gasteiger partial charge in [0.25, 0.3) is 0 Å². The third-order valence-electron chi connectivity index (χ3n) is 2.87. The Balaban J connectivity index is 2.79. The minimum absolute atomic E-state index is 0.133. The zero-order chi connectivity index (χ0) is 12.9. The lowest BCUT2D eigenvalue weighted by molar-refractivity contribution is -0.120. The zero-order valence-electron chi connectivity index (χ0n) is 10.9. The third kappa shape index (κ3) is 3.86. The maximum absolute atomic E-state index is 12.2. The van der Waals surface area contributed by atoms with Crippen LogP contribution in [0, 0.1) is 5.41 Å². The number of anilines is 1. The summed E-state index contributed by atoms with van der Waals surface area (Å²) in [4.78, 5) is 14.0. The van der Waals surface area contributed by atoms with Gasteiger partial charge in [0.2, 0.25) is 5.91 Å². The fourth-order valence-corrected chi connectivity index (χ4v) is 1.69. The average molecular weight is 234 g/mol. The topological polar surface area (TPSA) is 46.3 Å². The number of benzene rings is 1. The molecule has 0 fully saturated rings. The monoisotopic (exact) mass is 234 g/mol. The molecule has 0 atom stereocenters. The van der Waals surface area contributed by atoms with Gasteiger partial charge in [-0.15, -0.1) is 0 Å². The Bertz CT molecular complexity index is 360. The van der Waals surface area contributed by atoms with Crippen molar-refractivity contribution in [3.63, 3.8) is 0 Å². The molecule has 0 aromatic heterocycles. The number of carbonyl (C=O) groups excluding carboxylic acids is 1. The maximum atomic E-state index is 12.2. The van der Waals surface area contributed by atoms with E-state index in [1.54, 1.807) is 4.90 Å². The highest BCUT2D eigenvalue weighted by Crippen LogP contribution is 2.22. The van der Waals surface area contributed by atoms with E-state index >= 15 is 0 Å². The number of rotatable bonds is 5. The molecular formula is C14H22N2O. The number of carbonyl (C=O) groups is 1. The molecule has 2 N–H and O–H groups in total. The second kappa shape index (κ2) is 5.82. The summed E-state index contributed by atoms with van der Waals surface area (Å²) in [5.74, 6) is 0.133. The summed E-state index contributed by atoms with van der Waals surface area (Å²) in [5.41, 5.74) is 6.48. The van der Waals surface area contributed by atoms with Crippen LogP contribution in [0.25, 0.3) is 0 Å². The van der Waals surface area contributed by atoms with Crippen molar-refractivity contribution in [3.05, 3.63) is 30.3 Å². The van der Waals surface area contributed by atoms with Crippen molar-refractivity contribution in [1.82, 2.24) is 0 Å². The highest BCUT2D eigenvalue weighted by atomic mass is 16.2. The van der Waals surface area contributed by atoms with Crippen LogP contribution in [0.3, 0.4) is 0 Å². The lowest BCUT2D eigenvalue weighted by Crippen LogP contribution is -2.36. The third-order valence-corrected chi connectivity index (χ3v) is 2.87. The molecule has 0 aliphatic carbocycles. The van der Waals surface area contributed by atoms with Gasteiger partial charge in [-0.25, -0.2) is 0 Å². The first-order valence-electron chi connectivity index (χ1n) is 6.05. The van der Waals surface area contributed by atoms with Gasteiger partial charge in [0.05, 0.1) is 0 Å². The van der Waals surface area contributed by atoms with Gasteiger partial charge in [-0.05, 0) is 31.0 Å². The van der Waals surface area contributed by atoms with Crippen LogP contribution in [-0.4, -0.2) is 19.0 Å². The number of para-hydroxylation sites is 1. The number of amides is 1. The smallest absolute Gasteiger partial charge is 0.227 e. The second-order valence-electron chi connectivity index (χ2n) is 5.02. The van der Waals surface area contributed by atoms with Crippen molar-refractivity contribution in [2.75, 3.05) is 18.0 Å². The molecular weight excluding hydrogens is 212 g/mol. The number of hydrogen-bond donors (Lipinski definition) is 1. The molecule has 0 aliphatic rings. The Hall–Kier alpha value is -1.35. The van der Waals surface area contributed by atoms with Crippen LogP contribution in [0.2, 0.25) is 0 Å². The molecule has 0 saturated heterocycles. The molecule has 1 aromatic rings. The molecule has 0 bridgehead atoms. The van der Waals surface area contributed by atoms with E-state index < -0.39 is 0 Å². The molecule has 0 aliphatic heterocycles. The molecule has 94 valence electrons. The molecule has 1 aromatic carbocycles. The summed E-state index contributed by atoms with van der Waals surface area (Å²) in [6.07, 6.45) is 0.478. The Labute approximate surface area is 104 Å². The van der Waals surface area contributed by atoms with Gasteiger partial charge < -0.3 is 10.6 Å². The molecule has 0 heterocycles. The van der Waals surface area contributed by atoms with E-state index in [1.807, 2.05) is 51.1 Å².